The number of aromatic nitrogens is 1. The van der Waals surface area contributed by atoms with Crippen LogP contribution in [-0.2, 0) is 0 Å². The van der Waals surface area contributed by atoms with Crippen molar-refractivity contribution >= 4 is 45.1 Å². The number of hydrogen-bond acceptors (Lipinski definition) is 2. The zero-order valence-electron chi connectivity index (χ0n) is 5.51. The summed E-state index contributed by atoms with van der Waals surface area (Å²) >= 11 is 14.1. The van der Waals surface area contributed by atoms with E-state index >= 15 is 0 Å². The van der Waals surface area contributed by atoms with Gasteiger partial charge >= 0.3 is 5.97 Å². The molecule has 3 nitrogen and oxygen atoms in total. The highest BCUT2D eigenvalue weighted by molar-refractivity contribution is 9.10. The summed E-state index contributed by atoms with van der Waals surface area (Å²) in [5.41, 5.74) is -0.149. The van der Waals surface area contributed by atoms with E-state index in [1.54, 1.807) is 0 Å². The molecule has 12 heavy (non-hydrogen) atoms. The maximum Gasteiger partial charge on any atom is 0.355 e. The molecule has 0 fully saturated rings. The lowest BCUT2D eigenvalue weighted by atomic mass is 10.3. The van der Waals surface area contributed by atoms with Gasteiger partial charge in [0, 0.05) is 0 Å². The fourth-order valence-corrected chi connectivity index (χ4v) is 1.50. The number of rotatable bonds is 1. The number of hydrogen-bond donors (Lipinski definition) is 1. The van der Waals surface area contributed by atoms with E-state index in [1.807, 2.05) is 0 Å². The molecule has 0 amide bonds. The van der Waals surface area contributed by atoms with Crippen molar-refractivity contribution in [2.45, 2.75) is 0 Å². The van der Waals surface area contributed by atoms with Crippen LogP contribution in [0.4, 0.5) is 0 Å². The quantitative estimate of drug-likeness (QED) is 0.799. The van der Waals surface area contributed by atoms with Crippen LogP contribution in [0, 0.1) is 0 Å². The molecule has 0 saturated carbocycles. The Bertz CT molecular complexity index is 343. The van der Waals surface area contributed by atoms with E-state index in [0.717, 1.165) is 0 Å². The summed E-state index contributed by atoms with van der Waals surface area (Å²) in [5.74, 6) is -1.15. The molecular formula is C6H2BrCl2NO2. The first kappa shape index (κ1) is 9.77. The van der Waals surface area contributed by atoms with Gasteiger partial charge in [0.05, 0.1) is 9.50 Å². The molecule has 1 aromatic rings. The van der Waals surface area contributed by atoms with Crippen molar-refractivity contribution in [1.29, 1.82) is 0 Å². The third-order valence-corrected chi connectivity index (χ3v) is 2.37. The van der Waals surface area contributed by atoms with Crippen LogP contribution in [0.5, 0.6) is 0 Å². The molecule has 1 N–H and O–H groups in total. The Morgan fingerprint density at radius 3 is 2.67 bits per heavy atom. The summed E-state index contributed by atoms with van der Waals surface area (Å²) in [5, 5.41) is 8.79. The van der Waals surface area contributed by atoms with Crippen molar-refractivity contribution < 1.29 is 9.90 Å². The molecule has 0 aliphatic heterocycles. The summed E-state index contributed by atoms with van der Waals surface area (Å²) in [6.45, 7) is 0. The molecule has 1 rings (SSSR count). The van der Waals surface area contributed by atoms with E-state index in [2.05, 4.69) is 20.9 Å². The van der Waals surface area contributed by atoms with Gasteiger partial charge in [-0.1, -0.05) is 23.2 Å². The van der Waals surface area contributed by atoms with E-state index in [-0.39, 0.29) is 15.9 Å². The van der Waals surface area contributed by atoms with Crippen molar-refractivity contribution in [1.82, 2.24) is 4.98 Å². The van der Waals surface area contributed by atoms with Crippen LogP contribution in [0.15, 0.2) is 10.5 Å². The Kier molecular flexibility index (Phi) is 2.93. The molecule has 0 aliphatic carbocycles. The third kappa shape index (κ3) is 1.88. The predicted molar refractivity (Wildman–Crippen MR) is 48.9 cm³/mol. The number of halogens is 3. The van der Waals surface area contributed by atoms with Crippen molar-refractivity contribution in [2.75, 3.05) is 0 Å². The number of pyridine rings is 1. The average Bonchev–Trinajstić information content (AvgIpc) is 1.96. The van der Waals surface area contributed by atoms with Crippen molar-refractivity contribution in [2.24, 2.45) is 0 Å². The molecule has 1 aromatic heterocycles. The lowest BCUT2D eigenvalue weighted by Crippen LogP contribution is -2.01. The second kappa shape index (κ2) is 3.60. The molecule has 0 radical (unpaired) electrons. The highest BCUT2D eigenvalue weighted by Crippen LogP contribution is 2.25. The maximum atomic E-state index is 10.5. The van der Waals surface area contributed by atoms with Gasteiger partial charge in [0.2, 0.25) is 0 Å². The molecule has 0 unspecified atom stereocenters. The zero-order valence-corrected chi connectivity index (χ0v) is 8.61. The molecule has 0 saturated heterocycles. The number of aromatic carboxylic acids is 1. The Morgan fingerprint density at radius 2 is 2.17 bits per heavy atom. The van der Waals surface area contributed by atoms with Crippen LogP contribution in [0.25, 0.3) is 0 Å². The Morgan fingerprint density at radius 1 is 1.58 bits per heavy atom. The van der Waals surface area contributed by atoms with Crippen molar-refractivity contribution in [3.63, 3.8) is 0 Å². The summed E-state index contributed by atoms with van der Waals surface area (Å²) < 4.78 is 0.310. The molecule has 64 valence electrons. The van der Waals surface area contributed by atoms with E-state index in [9.17, 15) is 4.79 Å². The zero-order chi connectivity index (χ0) is 9.30. The van der Waals surface area contributed by atoms with Crippen molar-refractivity contribution in [3.8, 4) is 0 Å². The molecule has 0 aliphatic rings. The Hall–Kier alpha value is -0.320. The van der Waals surface area contributed by atoms with Gasteiger partial charge in [-0.05, 0) is 22.0 Å². The van der Waals surface area contributed by atoms with E-state index in [0.29, 0.717) is 4.47 Å². The van der Waals surface area contributed by atoms with Gasteiger partial charge in [-0.15, -0.1) is 0 Å². The summed E-state index contributed by atoms with van der Waals surface area (Å²) in [6, 6.07) is 1.39. The lowest BCUT2D eigenvalue weighted by Gasteiger charge is -1.99. The van der Waals surface area contributed by atoms with Crippen molar-refractivity contribution in [3.05, 3.63) is 26.4 Å². The topological polar surface area (TPSA) is 50.2 Å². The first-order valence-electron chi connectivity index (χ1n) is 2.77. The van der Waals surface area contributed by atoms with Crippen LogP contribution >= 0.6 is 39.1 Å². The normalized spacial score (nSPS) is 9.92. The minimum Gasteiger partial charge on any atom is -0.476 e. The molecule has 1 heterocycles. The number of carboxylic acids is 1. The van der Waals surface area contributed by atoms with Crippen LogP contribution in [0.3, 0.4) is 0 Å². The van der Waals surface area contributed by atoms with Gasteiger partial charge in [0.1, 0.15) is 5.15 Å². The Balaban J connectivity index is 3.33. The molecule has 0 aromatic carbocycles. The first-order valence-corrected chi connectivity index (χ1v) is 4.32. The van der Waals surface area contributed by atoms with Gasteiger partial charge < -0.3 is 5.11 Å². The minimum absolute atomic E-state index is 0.0164. The second-order valence-corrected chi connectivity index (χ2v) is 3.52. The minimum atomic E-state index is -1.15. The fraction of sp³-hybridized carbons (Fsp3) is 0. The van der Waals surface area contributed by atoms with Crippen LogP contribution in [0.2, 0.25) is 10.2 Å². The third-order valence-electron chi connectivity index (χ3n) is 1.09. The van der Waals surface area contributed by atoms with Gasteiger partial charge in [-0.3, -0.25) is 0 Å². The Labute approximate surface area is 86.4 Å². The summed E-state index contributed by atoms with van der Waals surface area (Å²) in [7, 11) is 0. The van der Waals surface area contributed by atoms with Gasteiger partial charge in [0.25, 0.3) is 0 Å². The average molecular weight is 271 g/mol. The van der Waals surface area contributed by atoms with E-state index in [4.69, 9.17) is 28.3 Å². The van der Waals surface area contributed by atoms with Crippen LogP contribution in [-0.4, -0.2) is 16.1 Å². The SMILES string of the molecule is O=C(O)c1nc(Cl)c(Cl)cc1Br. The van der Waals surface area contributed by atoms with E-state index in [1.165, 1.54) is 6.07 Å². The second-order valence-electron chi connectivity index (χ2n) is 1.90. The first-order chi connectivity index (χ1) is 5.52. The monoisotopic (exact) mass is 269 g/mol. The molecule has 0 bridgehead atoms. The van der Waals surface area contributed by atoms with Crippen LogP contribution in [0.1, 0.15) is 10.5 Å². The van der Waals surface area contributed by atoms with Gasteiger partial charge in [0.15, 0.2) is 5.69 Å². The standard InChI is InChI=1S/C6H2BrCl2NO2/c7-2-1-3(8)5(9)10-4(2)6(11)12/h1H,(H,11,12). The largest absolute Gasteiger partial charge is 0.476 e. The fourth-order valence-electron chi connectivity index (χ4n) is 0.594. The maximum absolute atomic E-state index is 10.5. The highest BCUT2D eigenvalue weighted by atomic mass is 79.9. The molecule has 0 spiro atoms. The molecule has 0 atom stereocenters. The molecule has 6 heteroatoms. The summed E-state index contributed by atoms with van der Waals surface area (Å²) in [6.07, 6.45) is 0. The van der Waals surface area contributed by atoms with E-state index < -0.39 is 5.97 Å². The highest BCUT2D eigenvalue weighted by Gasteiger charge is 2.12. The summed E-state index contributed by atoms with van der Waals surface area (Å²) in [4.78, 5) is 14.0. The van der Waals surface area contributed by atoms with Gasteiger partial charge in [-0.25, -0.2) is 9.78 Å². The molecular weight excluding hydrogens is 269 g/mol. The number of carbonyl (C=O) groups is 1. The smallest absolute Gasteiger partial charge is 0.355 e. The van der Waals surface area contributed by atoms with Gasteiger partial charge in [-0.2, -0.15) is 0 Å². The number of nitrogens with zero attached hydrogens (tertiary/aromatic N) is 1. The lowest BCUT2D eigenvalue weighted by molar-refractivity contribution is 0.0689. The van der Waals surface area contributed by atoms with Crippen LogP contribution < -0.4 is 0 Å². The number of carboxylic acid groups (broad SMARTS) is 1. The predicted octanol–water partition coefficient (Wildman–Crippen LogP) is 2.85.